The lowest BCUT2D eigenvalue weighted by molar-refractivity contribution is 0.471. The summed E-state index contributed by atoms with van der Waals surface area (Å²) in [6, 6.07) is 6.42. The van der Waals surface area contributed by atoms with Gasteiger partial charge in [-0.2, -0.15) is 0 Å². The number of rotatable bonds is 2. The van der Waals surface area contributed by atoms with E-state index in [1.807, 2.05) is 0 Å². The molecule has 2 N–H and O–H groups in total. The number of aromatic nitrogens is 2. The first kappa shape index (κ1) is 13.7. The molecule has 21 heavy (non-hydrogen) atoms. The van der Waals surface area contributed by atoms with Crippen LogP contribution in [0.2, 0.25) is 0 Å². The van der Waals surface area contributed by atoms with E-state index in [9.17, 15) is 13.9 Å². The number of anilines is 2. The van der Waals surface area contributed by atoms with Crippen LogP contribution in [0.1, 0.15) is 0 Å². The summed E-state index contributed by atoms with van der Waals surface area (Å²) in [5, 5.41) is 12.7. The van der Waals surface area contributed by atoms with Gasteiger partial charge in [-0.1, -0.05) is 15.9 Å². The van der Waals surface area contributed by atoms with Gasteiger partial charge >= 0.3 is 0 Å². The zero-order valence-electron chi connectivity index (χ0n) is 10.4. The molecular weight excluding hydrogens is 344 g/mol. The van der Waals surface area contributed by atoms with Crippen LogP contribution in [0, 0.1) is 11.6 Å². The Bertz CT molecular complexity index is 842. The number of nitrogens with one attached hydrogen (secondary N) is 1. The van der Waals surface area contributed by atoms with E-state index in [4.69, 9.17) is 0 Å². The Hall–Kier alpha value is -2.28. The van der Waals surface area contributed by atoms with Crippen molar-refractivity contribution >= 4 is 38.3 Å². The quantitative estimate of drug-likeness (QED) is 0.682. The van der Waals surface area contributed by atoms with E-state index in [-0.39, 0.29) is 22.6 Å². The first-order valence-corrected chi connectivity index (χ1v) is 6.69. The van der Waals surface area contributed by atoms with E-state index in [0.717, 1.165) is 6.07 Å². The van der Waals surface area contributed by atoms with E-state index < -0.39 is 11.6 Å². The predicted molar refractivity (Wildman–Crippen MR) is 78.5 cm³/mol. The third-order valence-electron chi connectivity index (χ3n) is 2.87. The summed E-state index contributed by atoms with van der Waals surface area (Å²) < 4.78 is 27.6. The summed E-state index contributed by atoms with van der Waals surface area (Å²) in [6.07, 6.45) is 1.27. The minimum absolute atomic E-state index is 0.185. The van der Waals surface area contributed by atoms with Crippen molar-refractivity contribution in [3.05, 3.63) is 52.8 Å². The van der Waals surface area contributed by atoms with Gasteiger partial charge < -0.3 is 10.4 Å². The molecule has 0 amide bonds. The maximum Gasteiger partial charge on any atom is 0.144 e. The van der Waals surface area contributed by atoms with Crippen molar-refractivity contribution in [1.82, 2.24) is 9.97 Å². The highest BCUT2D eigenvalue weighted by atomic mass is 79.9. The summed E-state index contributed by atoms with van der Waals surface area (Å²) >= 11 is 3.19. The molecule has 0 aliphatic carbocycles. The Morgan fingerprint density at radius 3 is 2.67 bits per heavy atom. The molecule has 7 heteroatoms. The van der Waals surface area contributed by atoms with Crippen LogP contribution in [0.3, 0.4) is 0 Å². The minimum atomic E-state index is -0.569. The van der Waals surface area contributed by atoms with Crippen molar-refractivity contribution in [1.29, 1.82) is 0 Å². The molecule has 3 aromatic rings. The minimum Gasteiger partial charge on any atom is -0.506 e. The molecular formula is C14H8BrF2N3O. The second kappa shape index (κ2) is 5.25. The highest BCUT2D eigenvalue weighted by molar-refractivity contribution is 9.10. The molecule has 1 aromatic heterocycles. The van der Waals surface area contributed by atoms with Crippen LogP contribution in [-0.4, -0.2) is 15.1 Å². The first-order valence-electron chi connectivity index (χ1n) is 5.90. The number of benzene rings is 2. The molecule has 106 valence electrons. The molecule has 0 unspecified atom stereocenters. The Morgan fingerprint density at radius 2 is 1.90 bits per heavy atom. The molecule has 1 heterocycles. The molecule has 0 fully saturated rings. The maximum atomic E-state index is 14.1. The molecule has 0 saturated carbocycles. The zero-order chi connectivity index (χ0) is 15.0. The van der Waals surface area contributed by atoms with Crippen molar-refractivity contribution in [3.8, 4) is 5.75 Å². The Kier molecular flexibility index (Phi) is 3.42. The normalized spacial score (nSPS) is 10.8. The van der Waals surface area contributed by atoms with E-state index in [1.165, 1.54) is 24.5 Å². The summed E-state index contributed by atoms with van der Waals surface area (Å²) in [5.74, 6) is -1.18. The first-order chi connectivity index (χ1) is 10.0. The SMILES string of the molecule is Oc1cc(F)ccc1Nc1ncnc2cc(Br)cc(F)c12. The van der Waals surface area contributed by atoms with Gasteiger partial charge in [0.25, 0.3) is 0 Å². The van der Waals surface area contributed by atoms with Crippen LogP contribution in [0.5, 0.6) is 5.75 Å². The second-order valence-electron chi connectivity index (χ2n) is 4.29. The number of hydrogen-bond acceptors (Lipinski definition) is 4. The van der Waals surface area contributed by atoms with Gasteiger partial charge in [0.15, 0.2) is 0 Å². The molecule has 0 atom stereocenters. The van der Waals surface area contributed by atoms with E-state index in [1.54, 1.807) is 6.07 Å². The molecule has 0 aliphatic heterocycles. The summed E-state index contributed by atoms with van der Waals surface area (Å²) in [4.78, 5) is 7.97. The van der Waals surface area contributed by atoms with E-state index >= 15 is 0 Å². The molecule has 0 bridgehead atoms. The number of fused-ring (bicyclic) bond motifs is 1. The average molecular weight is 352 g/mol. The maximum absolute atomic E-state index is 14.1. The van der Waals surface area contributed by atoms with Gasteiger partial charge in [-0.3, -0.25) is 0 Å². The summed E-state index contributed by atoms with van der Waals surface area (Å²) in [5.41, 5.74) is 0.625. The van der Waals surface area contributed by atoms with Crippen LogP contribution >= 0.6 is 15.9 Å². The van der Waals surface area contributed by atoms with Gasteiger partial charge in [-0.05, 0) is 24.3 Å². The number of hydrogen-bond donors (Lipinski definition) is 2. The largest absolute Gasteiger partial charge is 0.506 e. The molecule has 0 aliphatic rings. The van der Waals surface area contributed by atoms with Crippen molar-refractivity contribution in [2.45, 2.75) is 0 Å². The highest BCUT2D eigenvalue weighted by Crippen LogP contribution is 2.31. The molecule has 4 nitrogen and oxygen atoms in total. The number of phenolic OH excluding ortho intramolecular Hbond substituents is 1. The lowest BCUT2D eigenvalue weighted by atomic mass is 10.2. The average Bonchev–Trinajstić information content (AvgIpc) is 2.41. The fraction of sp³-hybridized carbons (Fsp3) is 0. The van der Waals surface area contributed by atoms with Crippen molar-refractivity contribution in [2.24, 2.45) is 0 Å². The van der Waals surface area contributed by atoms with Gasteiger partial charge in [0.1, 0.15) is 29.5 Å². The van der Waals surface area contributed by atoms with E-state index in [2.05, 4.69) is 31.2 Å². The van der Waals surface area contributed by atoms with Crippen molar-refractivity contribution in [3.63, 3.8) is 0 Å². The van der Waals surface area contributed by atoms with Crippen LogP contribution in [0.15, 0.2) is 41.1 Å². The van der Waals surface area contributed by atoms with Gasteiger partial charge in [0.05, 0.1) is 16.6 Å². The van der Waals surface area contributed by atoms with Crippen molar-refractivity contribution in [2.75, 3.05) is 5.32 Å². The van der Waals surface area contributed by atoms with E-state index in [0.29, 0.717) is 9.99 Å². The number of halogens is 3. The van der Waals surface area contributed by atoms with Gasteiger partial charge in [0, 0.05) is 10.5 Å². The lowest BCUT2D eigenvalue weighted by Gasteiger charge is -2.10. The molecule has 0 radical (unpaired) electrons. The fourth-order valence-electron chi connectivity index (χ4n) is 1.94. The monoisotopic (exact) mass is 351 g/mol. The topological polar surface area (TPSA) is 58.0 Å². The van der Waals surface area contributed by atoms with Crippen LogP contribution in [0.25, 0.3) is 10.9 Å². The van der Waals surface area contributed by atoms with Crippen molar-refractivity contribution < 1.29 is 13.9 Å². The van der Waals surface area contributed by atoms with Crippen LogP contribution in [-0.2, 0) is 0 Å². The van der Waals surface area contributed by atoms with Crippen LogP contribution in [0.4, 0.5) is 20.3 Å². The predicted octanol–water partition coefficient (Wildman–Crippen LogP) is 4.12. The van der Waals surface area contributed by atoms with Gasteiger partial charge in [0.2, 0.25) is 0 Å². The Balaban J connectivity index is 2.12. The second-order valence-corrected chi connectivity index (χ2v) is 5.21. The third kappa shape index (κ3) is 2.64. The summed E-state index contributed by atoms with van der Waals surface area (Å²) in [7, 11) is 0. The standard InChI is InChI=1S/C14H8BrF2N3O/c15-7-3-9(17)13-11(4-7)18-6-19-14(13)20-10-2-1-8(16)5-12(10)21/h1-6,21H,(H,18,19,20). The Labute approximate surface area is 126 Å². The number of aromatic hydroxyl groups is 1. The van der Waals surface area contributed by atoms with Gasteiger partial charge in [-0.25, -0.2) is 18.7 Å². The highest BCUT2D eigenvalue weighted by Gasteiger charge is 2.12. The third-order valence-corrected chi connectivity index (χ3v) is 3.33. The number of phenols is 1. The number of nitrogens with zero attached hydrogens (tertiary/aromatic N) is 2. The van der Waals surface area contributed by atoms with Gasteiger partial charge in [-0.15, -0.1) is 0 Å². The smallest absolute Gasteiger partial charge is 0.144 e. The molecule has 0 saturated heterocycles. The summed E-state index contributed by atoms with van der Waals surface area (Å²) in [6.45, 7) is 0. The molecule has 2 aromatic carbocycles. The molecule has 3 rings (SSSR count). The zero-order valence-corrected chi connectivity index (χ0v) is 12.0. The molecule has 0 spiro atoms. The Morgan fingerprint density at radius 1 is 1.10 bits per heavy atom. The van der Waals surface area contributed by atoms with Crippen LogP contribution < -0.4 is 5.32 Å². The lowest BCUT2D eigenvalue weighted by Crippen LogP contribution is -1.98. The fourth-order valence-corrected chi connectivity index (χ4v) is 2.36.